The van der Waals surface area contributed by atoms with Crippen molar-refractivity contribution >= 4 is 21.6 Å². The van der Waals surface area contributed by atoms with E-state index >= 15 is 0 Å². The lowest BCUT2D eigenvalue weighted by Gasteiger charge is -2.14. The summed E-state index contributed by atoms with van der Waals surface area (Å²) >= 11 is 0. The third kappa shape index (κ3) is 4.67. The van der Waals surface area contributed by atoms with Crippen LogP contribution in [-0.4, -0.2) is 29.1 Å². The molecule has 0 fully saturated rings. The van der Waals surface area contributed by atoms with Crippen molar-refractivity contribution in [2.45, 2.75) is 18.4 Å². The summed E-state index contributed by atoms with van der Waals surface area (Å²) in [5, 5.41) is 12.7. The maximum atomic E-state index is 13.3. The molecule has 0 aliphatic carbocycles. The number of hydrogen-bond donors (Lipinski definition) is 3. The van der Waals surface area contributed by atoms with E-state index in [0.29, 0.717) is 34.0 Å². The predicted molar refractivity (Wildman–Crippen MR) is 125 cm³/mol. The van der Waals surface area contributed by atoms with E-state index in [1.807, 2.05) is 0 Å². The highest BCUT2D eigenvalue weighted by Crippen LogP contribution is 2.32. The monoisotopic (exact) mass is 462 g/mol. The van der Waals surface area contributed by atoms with E-state index in [1.165, 1.54) is 10.7 Å². The zero-order chi connectivity index (χ0) is 23.6. The zero-order valence-electron chi connectivity index (χ0n) is 17.8. The van der Waals surface area contributed by atoms with Gasteiger partial charge in [0.15, 0.2) is 5.82 Å². The maximum Gasteiger partial charge on any atom is 0.274 e. The van der Waals surface area contributed by atoms with Crippen LogP contribution in [0.15, 0.2) is 77.7 Å². The number of nitrogens with two attached hydrogens (primary N) is 2. The average molecular weight is 463 g/mol. The first-order valence-electron chi connectivity index (χ1n) is 10.0. The van der Waals surface area contributed by atoms with Gasteiger partial charge in [0.25, 0.3) is 5.91 Å². The summed E-state index contributed by atoms with van der Waals surface area (Å²) in [5.74, 6) is 0.0279. The van der Waals surface area contributed by atoms with Gasteiger partial charge in [-0.3, -0.25) is 4.79 Å². The Morgan fingerprint density at radius 2 is 1.70 bits per heavy atom. The number of sulfonamides is 1. The molecule has 0 spiro atoms. The van der Waals surface area contributed by atoms with Gasteiger partial charge < -0.3 is 11.1 Å². The molecule has 5 N–H and O–H groups in total. The van der Waals surface area contributed by atoms with Gasteiger partial charge >= 0.3 is 0 Å². The summed E-state index contributed by atoms with van der Waals surface area (Å²) in [5.41, 5.74) is 8.58. The van der Waals surface area contributed by atoms with E-state index in [0.717, 1.165) is 0 Å². The number of anilines is 1. The lowest BCUT2D eigenvalue weighted by atomic mass is 10.0. The van der Waals surface area contributed by atoms with Gasteiger partial charge in [-0.15, -0.1) is 0 Å². The van der Waals surface area contributed by atoms with Crippen LogP contribution in [0.2, 0.25) is 0 Å². The number of benzene rings is 2. The molecular weight excluding hydrogens is 440 g/mol. The van der Waals surface area contributed by atoms with Gasteiger partial charge in [-0.1, -0.05) is 42.5 Å². The summed E-state index contributed by atoms with van der Waals surface area (Å²) in [4.78, 5) is 17.7. The first-order valence-corrected chi connectivity index (χ1v) is 11.6. The van der Waals surface area contributed by atoms with Gasteiger partial charge in [0.1, 0.15) is 5.69 Å². The number of nitrogens with one attached hydrogen (secondary N) is 1. The number of amides is 1. The lowest BCUT2D eigenvalue weighted by Crippen LogP contribution is -2.18. The fourth-order valence-corrected chi connectivity index (χ4v) is 4.24. The molecule has 10 heteroatoms. The lowest BCUT2D eigenvalue weighted by molar-refractivity contribution is 0.101. The van der Waals surface area contributed by atoms with E-state index in [4.69, 9.17) is 10.9 Å². The molecule has 0 aliphatic heterocycles. The Bertz CT molecular complexity index is 1450. The Hall–Kier alpha value is -3.86. The number of primary sulfonamides is 1. The number of rotatable bonds is 6. The third-order valence-electron chi connectivity index (χ3n) is 4.94. The topological polar surface area (TPSA) is 146 Å². The van der Waals surface area contributed by atoms with Crippen molar-refractivity contribution in [2.24, 2.45) is 10.9 Å². The molecule has 0 saturated carbocycles. The van der Waals surface area contributed by atoms with Crippen LogP contribution < -0.4 is 16.2 Å². The smallest absolute Gasteiger partial charge is 0.274 e. The molecule has 0 saturated heterocycles. The van der Waals surface area contributed by atoms with Crippen molar-refractivity contribution < 1.29 is 13.2 Å². The molecule has 9 nitrogen and oxygen atoms in total. The molecule has 168 valence electrons. The molecule has 33 heavy (non-hydrogen) atoms. The van der Waals surface area contributed by atoms with Gasteiger partial charge in [0, 0.05) is 23.4 Å². The van der Waals surface area contributed by atoms with Crippen LogP contribution in [0.1, 0.15) is 21.9 Å². The van der Waals surface area contributed by atoms with E-state index in [2.05, 4.69) is 15.4 Å². The predicted octanol–water partition coefficient (Wildman–Crippen LogP) is 2.60. The van der Waals surface area contributed by atoms with Crippen LogP contribution in [0, 0.1) is 6.92 Å². The number of para-hydroxylation sites is 1. The van der Waals surface area contributed by atoms with Crippen molar-refractivity contribution in [1.82, 2.24) is 14.8 Å². The van der Waals surface area contributed by atoms with E-state index in [-0.39, 0.29) is 17.1 Å². The minimum atomic E-state index is -3.97. The molecule has 2 aromatic carbocycles. The molecule has 0 atom stereocenters. The van der Waals surface area contributed by atoms with Crippen molar-refractivity contribution in [3.63, 3.8) is 0 Å². The fraction of sp³-hybridized carbons (Fsp3) is 0.0870. The minimum Gasteiger partial charge on any atom is -0.325 e. The first-order chi connectivity index (χ1) is 15.8. The van der Waals surface area contributed by atoms with Gasteiger partial charge in [0.05, 0.1) is 16.3 Å². The van der Waals surface area contributed by atoms with E-state index in [9.17, 15) is 13.2 Å². The summed E-state index contributed by atoms with van der Waals surface area (Å²) in [6.45, 7) is 2.03. The summed E-state index contributed by atoms with van der Waals surface area (Å²) in [6, 6.07) is 20.2. The first kappa shape index (κ1) is 22.3. The molecule has 0 bridgehead atoms. The molecular formula is C23H22N6O3S. The van der Waals surface area contributed by atoms with E-state index in [1.54, 1.807) is 73.7 Å². The number of pyridine rings is 1. The standard InChI is InChI=1S/C23H22N6O3S/c1-15-13-20(29(28-15)22-12-6-7-16(14-24)26-22)23(30)27-19-10-4-2-8-17(19)18-9-3-5-11-21(18)33(25,31)32/h2-13H,14,24H2,1H3,(H,27,30)(H2,25,31,32). The van der Waals surface area contributed by atoms with E-state index < -0.39 is 15.9 Å². The summed E-state index contributed by atoms with van der Waals surface area (Å²) in [7, 11) is -3.97. The normalized spacial score (nSPS) is 11.4. The Morgan fingerprint density at radius 3 is 2.42 bits per heavy atom. The molecule has 2 heterocycles. The Labute approximate surface area is 191 Å². The molecule has 4 rings (SSSR count). The fourth-order valence-electron chi connectivity index (χ4n) is 3.49. The SMILES string of the molecule is Cc1cc(C(=O)Nc2ccccc2-c2ccccc2S(N)(=O)=O)n(-c2cccc(CN)n2)n1. The Morgan fingerprint density at radius 1 is 1.00 bits per heavy atom. The third-order valence-corrected chi connectivity index (χ3v) is 5.91. The van der Waals surface area contributed by atoms with Crippen molar-refractivity contribution in [1.29, 1.82) is 0 Å². The van der Waals surface area contributed by atoms with Crippen LogP contribution >= 0.6 is 0 Å². The number of aryl methyl sites for hydroxylation is 1. The summed E-state index contributed by atoms with van der Waals surface area (Å²) in [6.07, 6.45) is 0. The zero-order valence-corrected chi connectivity index (χ0v) is 18.6. The second-order valence-corrected chi connectivity index (χ2v) is 8.84. The molecule has 0 unspecified atom stereocenters. The number of nitrogens with zero attached hydrogens (tertiary/aromatic N) is 3. The summed E-state index contributed by atoms with van der Waals surface area (Å²) < 4.78 is 25.7. The second-order valence-electron chi connectivity index (χ2n) is 7.31. The Balaban J connectivity index is 1.75. The number of hydrogen-bond acceptors (Lipinski definition) is 6. The van der Waals surface area contributed by atoms with Gasteiger partial charge in [0.2, 0.25) is 10.0 Å². The largest absolute Gasteiger partial charge is 0.325 e. The number of aromatic nitrogens is 3. The highest BCUT2D eigenvalue weighted by Gasteiger charge is 2.20. The van der Waals surface area contributed by atoms with Crippen LogP contribution in [-0.2, 0) is 16.6 Å². The second kappa shape index (κ2) is 8.94. The van der Waals surface area contributed by atoms with Gasteiger partial charge in [-0.05, 0) is 37.3 Å². The molecule has 1 amide bonds. The quantitative estimate of drug-likeness (QED) is 0.401. The van der Waals surface area contributed by atoms with Gasteiger partial charge in [-0.25, -0.2) is 23.2 Å². The van der Waals surface area contributed by atoms with Crippen molar-refractivity contribution in [3.05, 3.63) is 89.9 Å². The van der Waals surface area contributed by atoms with Crippen LogP contribution in [0.25, 0.3) is 16.9 Å². The molecule has 4 aromatic rings. The Kier molecular flexibility index (Phi) is 6.05. The highest BCUT2D eigenvalue weighted by molar-refractivity contribution is 7.89. The molecule has 0 radical (unpaired) electrons. The minimum absolute atomic E-state index is 0.0321. The van der Waals surface area contributed by atoms with Gasteiger partial charge in [-0.2, -0.15) is 5.10 Å². The number of carbonyl (C=O) groups excluding carboxylic acids is 1. The number of carbonyl (C=O) groups is 1. The van der Waals surface area contributed by atoms with Crippen molar-refractivity contribution in [3.8, 4) is 16.9 Å². The highest BCUT2D eigenvalue weighted by atomic mass is 32.2. The maximum absolute atomic E-state index is 13.3. The average Bonchev–Trinajstić information content (AvgIpc) is 3.21. The van der Waals surface area contributed by atoms with Crippen molar-refractivity contribution in [2.75, 3.05) is 5.32 Å². The molecule has 2 aromatic heterocycles. The van der Waals surface area contributed by atoms with Crippen LogP contribution in [0.5, 0.6) is 0 Å². The van der Waals surface area contributed by atoms with Crippen LogP contribution in [0.4, 0.5) is 5.69 Å². The molecule has 0 aliphatic rings. The van der Waals surface area contributed by atoms with Crippen LogP contribution in [0.3, 0.4) is 0 Å².